The molecule has 8 aromatic carbocycles. The van der Waals surface area contributed by atoms with E-state index in [0.717, 1.165) is 54.9 Å². The van der Waals surface area contributed by atoms with Gasteiger partial charge >= 0.3 is 22.9 Å². The third kappa shape index (κ3) is 20.0. The second kappa shape index (κ2) is 37.3. The molecular formula is C86H74N24O12Si+4. The van der Waals surface area contributed by atoms with Gasteiger partial charge in [-0.2, -0.15) is 9.97 Å². The van der Waals surface area contributed by atoms with Crippen LogP contribution in [0.15, 0.2) is 216 Å². The van der Waals surface area contributed by atoms with Gasteiger partial charge in [0.25, 0.3) is 22.9 Å². The molecule has 2 unspecified atom stereocenters. The number of benzene rings is 8. The summed E-state index contributed by atoms with van der Waals surface area (Å²) in [6, 6.07) is 55.6. The van der Waals surface area contributed by atoms with E-state index in [1.54, 1.807) is 72.8 Å². The van der Waals surface area contributed by atoms with E-state index in [1.165, 1.54) is 36.7 Å². The Hall–Kier alpha value is -16.6. The number of amides is 4. The van der Waals surface area contributed by atoms with Crippen LogP contribution >= 0.6 is 0 Å². The van der Waals surface area contributed by atoms with Gasteiger partial charge in [0.1, 0.15) is 46.2 Å². The Morgan fingerprint density at radius 2 is 0.715 bits per heavy atom. The molecule has 7 aromatic heterocycles. The first kappa shape index (κ1) is 82.9. The molecular weight excluding hydrogens is 1590 g/mol. The van der Waals surface area contributed by atoms with E-state index in [0.29, 0.717) is 94.6 Å². The van der Waals surface area contributed by atoms with Crippen LogP contribution in [-0.4, -0.2) is 172 Å². The van der Waals surface area contributed by atoms with Crippen LogP contribution in [0, 0.1) is 0 Å². The number of nitrogens with zero attached hydrogens (tertiary/aromatic N) is 12. The first-order valence-electron chi connectivity index (χ1n) is 38.2. The number of H-pyrrole nitrogens is 4. The van der Waals surface area contributed by atoms with Gasteiger partial charge in [-0.05, 0) is 110 Å². The number of carboxylic acids is 2. The number of carbonyl (C=O) groups excluding carboxylic acids is 4. The van der Waals surface area contributed by atoms with E-state index in [2.05, 4.69) is 81.7 Å². The fraction of sp³-hybridized carbons (Fsp3) is 0.140. The Morgan fingerprint density at radius 3 is 1.04 bits per heavy atom. The topological polar surface area (TPSA) is 560 Å². The van der Waals surface area contributed by atoms with Crippen molar-refractivity contribution in [3.05, 3.63) is 261 Å². The molecule has 17 rings (SSSR count). The van der Waals surface area contributed by atoms with E-state index in [9.17, 15) is 58.8 Å². The summed E-state index contributed by atoms with van der Waals surface area (Å²) in [5.41, 5.74) is 21.4. The summed E-state index contributed by atoms with van der Waals surface area (Å²) in [4.78, 5) is 163. The SMILES string of the molecule is Nc1nc2ncc(CNc3ccc(C(=O)NC(CCC(=O)NCCc4ccc(O)cc4)C(=O)O)cc3)nc2c(=O)[nH]1.Nc1nc2ncc(CNc3ccc(C(=O)NC(CCC(=O)NCCc4ccc(O)cc4)C(=O)O)cc3)nc2c(=O)[nH]1.[Si+4].c1ccc2c(c1)-c1nc-2nc2[nH]c(nc3nc(nc4[nH]c(n1)c1ccccc41)-c1ccccc1-3)c1ccccc21. The number of rotatable bonds is 24. The molecule has 0 radical (unpaired) electrons. The average molecular weight is 1660 g/mol. The first-order chi connectivity index (χ1) is 59.1. The quantitative estimate of drug-likeness (QED) is 0.0252. The van der Waals surface area contributed by atoms with Crippen molar-refractivity contribution >= 4 is 136 Å². The number of aromatic amines is 4. The molecule has 610 valence electrons. The molecule has 123 heavy (non-hydrogen) atoms. The molecule has 0 spiro atoms. The Morgan fingerprint density at radius 1 is 0.390 bits per heavy atom. The third-order valence-corrected chi connectivity index (χ3v) is 19.5. The van der Waals surface area contributed by atoms with Crippen LogP contribution in [0.2, 0.25) is 0 Å². The maximum atomic E-state index is 12.6. The van der Waals surface area contributed by atoms with Gasteiger partial charge in [0, 0.05) is 92.2 Å². The molecule has 0 fully saturated rings. The maximum absolute atomic E-state index is 12.6. The summed E-state index contributed by atoms with van der Waals surface area (Å²) < 4.78 is 0. The van der Waals surface area contributed by atoms with Crippen molar-refractivity contribution in [2.24, 2.45) is 0 Å². The molecule has 36 nitrogen and oxygen atoms in total. The minimum absolute atomic E-state index is 0. The number of aromatic hydroxyl groups is 2. The van der Waals surface area contributed by atoms with Crippen molar-refractivity contribution in [1.82, 2.24) is 101 Å². The molecule has 37 heteroatoms. The van der Waals surface area contributed by atoms with Crippen LogP contribution in [-0.2, 0) is 45.1 Å². The van der Waals surface area contributed by atoms with Crippen LogP contribution < -0.4 is 54.5 Å². The molecule has 15 aromatic rings. The number of anilines is 4. The number of phenols is 2. The number of aromatic nitrogens is 16. The Balaban J connectivity index is 0.000000150. The molecule has 8 bridgehead atoms. The molecule has 4 amide bonds. The van der Waals surface area contributed by atoms with Crippen LogP contribution in [0.1, 0.15) is 68.9 Å². The molecule has 2 atom stereocenters. The average Bonchev–Trinajstić information content (AvgIpc) is 1.61. The summed E-state index contributed by atoms with van der Waals surface area (Å²) >= 11 is 0. The number of carboxylic acid groups (broad SMARTS) is 2. The van der Waals surface area contributed by atoms with Crippen LogP contribution in [0.25, 0.3) is 112 Å². The minimum atomic E-state index is -1.25. The van der Waals surface area contributed by atoms with Gasteiger partial charge in [0.05, 0.1) is 36.9 Å². The standard InChI is InChI=1S/C32H18N8.2C27H28N8O6.Si/c1-2-10-18-17(9-1)25-33-26(18)38-28-21-13-5-6-14-22(21)30(35-28)40-32-24-16-8-7-15-23(24)31(36-32)39-29-20-12-4-3-11-19(20)27(34-29)37-25;2*28-27-34-23-22(25(39)35-27)32-18(14-31-23)13-30-17-5-3-16(4-6-17)24(38)33-20(26(40)41)9-10-21(37)29-12-11-15-1-7-19(36)8-2-15;/h1-16H,(H2,33,34,35,36,37,38,39,40);2*1-8,14,20,30,36H,9-13H2,(H,29,37)(H,33,38)(H,40,41)(H3,28,31,34,35,39);/q;;;+4. The summed E-state index contributed by atoms with van der Waals surface area (Å²) in [6.45, 7) is 1.17. The van der Waals surface area contributed by atoms with Crippen LogP contribution in [0.4, 0.5) is 23.3 Å². The van der Waals surface area contributed by atoms with Crippen molar-refractivity contribution in [3.63, 3.8) is 0 Å². The van der Waals surface area contributed by atoms with Crippen molar-refractivity contribution in [2.75, 3.05) is 35.2 Å². The van der Waals surface area contributed by atoms with Gasteiger partial charge in [-0.15, -0.1) is 0 Å². The largest absolute Gasteiger partial charge is 4.00 e. The summed E-state index contributed by atoms with van der Waals surface area (Å²) in [7, 11) is 0. The predicted molar refractivity (Wildman–Crippen MR) is 460 cm³/mol. The zero-order valence-electron chi connectivity index (χ0n) is 64.9. The Bertz CT molecular complexity index is 6290. The molecule has 2 aliphatic rings. The third-order valence-electron chi connectivity index (χ3n) is 19.5. The fourth-order valence-corrected chi connectivity index (χ4v) is 13.3. The van der Waals surface area contributed by atoms with E-state index in [4.69, 9.17) is 41.4 Å². The molecule has 0 saturated heterocycles. The molecule has 18 N–H and O–H groups in total. The fourth-order valence-electron chi connectivity index (χ4n) is 13.3. The number of fused-ring (bicyclic) bond motifs is 22. The van der Waals surface area contributed by atoms with Crippen LogP contribution in [0.5, 0.6) is 11.5 Å². The monoisotopic (exact) mass is 1660 g/mol. The summed E-state index contributed by atoms with van der Waals surface area (Å²) in [6.07, 6.45) is 3.71. The zero-order chi connectivity index (χ0) is 84.9. The number of nitrogens with one attached hydrogen (secondary N) is 10. The number of hydrogen-bond donors (Lipinski definition) is 16. The van der Waals surface area contributed by atoms with Crippen molar-refractivity contribution in [3.8, 4) is 57.1 Å². The van der Waals surface area contributed by atoms with Gasteiger partial charge in [0.2, 0.25) is 23.7 Å². The van der Waals surface area contributed by atoms with Crippen molar-refractivity contribution in [2.45, 2.75) is 63.7 Å². The Kier molecular flexibility index (Phi) is 25.2. The number of phenolic OH excluding ortho intramolecular Hbond substituents is 2. The molecule has 9 heterocycles. The molecule has 0 aliphatic carbocycles. The van der Waals surface area contributed by atoms with Gasteiger partial charge in [-0.25, -0.2) is 59.4 Å². The number of nitrogen functional groups attached to an aromatic ring is 2. The molecule has 2 aliphatic heterocycles. The van der Waals surface area contributed by atoms with Gasteiger partial charge < -0.3 is 73.8 Å². The summed E-state index contributed by atoms with van der Waals surface area (Å²) in [5.74, 6) is -1.75. The van der Waals surface area contributed by atoms with Crippen molar-refractivity contribution < 1.29 is 49.2 Å². The number of carbonyl (C=O) groups is 6. The van der Waals surface area contributed by atoms with E-state index in [-0.39, 0.29) is 118 Å². The number of aliphatic carboxylic acids is 2. The van der Waals surface area contributed by atoms with E-state index < -0.39 is 47.0 Å². The zero-order valence-corrected chi connectivity index (χ0v) is 65.9. The smallest absolute Gasteiger partial charge is 0.508 e. The Labute approximate surface area is 699 Å². The normalized spacial score (nSPS) is 11.6. The maximum Gasteiger partial charge on any atom is 4.00 e. The van der Waals surface area contributed by atoms with E-state index in [1.807, 2.05) is 97.1 Å². The van der Waals surface area contributed by atoms with E-state index >= 15 is 0 Å². The van der Waals surface area contributed by atoms with Crippen molar-refractivity contribution in [1.29, 1.82) is 0 Å². The predicted octanol–water partition coefficient (Wildman–Crippen LogP) is 8.36. The first-order valence-corrected chi connectivity index (χ1v) is 38.2. The number of hydrogen-bond acceptors (Lipinski definition) is 26. The van der Waals surface area contributed by atoms with Gasteiger partial charge in [0.15, 0.2) is 45.6 Å². The number of nitrogens with two attached hydrogens (primary N) is 2. The minimum Gasteiger partial charge on any atom is -0.508 e. The van der Waals surface area contributed by atoms with Gasteiger partial charge in [-0.3, -0.25) is 38.7 Å². The second-order valence-electron chi connectivity index (χ2n) is 28.0. The summed E-state index contributed by atoms with van der Waals surface area (Å²) in [5, 5.41) is 58.1. The molecule has 0 saturated carbocycles. The second-order valence-corrected chi connectivity index (χ2v) is 28.0. The van der Waals surface area contributed by atoms with Gasteiger partial charge in [-0.1, -0.05) is 121 Å². The van der Waals surface area contributed by atoms with Crippen LogP contribution in [0.3, 0.4) is 0 Å².